The first-order valence-electron chi connectivity index (χ1n) is 2.23. The maximum atomic E-state index is 8.25. The van der Waals surface area contributed by atoms with Crippen molar-refractivity contribution in [3.63, 3.8) is 0 Å². The maximum absolute atomic E-state index is 8.25. The second kappa shape index (κ2) is 16.1. The van der Waals surface area contributed by atoms with Crippen LogP contribution in [-0.4, -0.2) is 11.7 Å². The second-order valence-corrected chi connectivity index (χ2v) is 1.08. The molecule has 0 amide bonds. The number of aliphatic hydroxyl groups is 1. The van der Waals surface area contributed by atoms with Crippen molar-refractivity contribution in [3.05, 3.63) is 0 Å². The molecule has 0 aromatic carbocycles. The molecule has 0 radical (unpaired) electrons. The summed E-state index contributed by atoms with van der Waals surface area (Å²) in [7, 11) is 0. The van der Waals surface area contributed by atoms with Crippen molar-refractivity contribution in [3.8, 4) is 0 Å². The van der Waals surface area contributed by atoms with Crippen molar-refractivity contribution in [2.75, 3.05) is 6.61 Å². The van der Waals surface area contributed by atoms with E-state index in [1.165, 1.54) is 0 Å². The first-order chi connectivity index (χ1) is 3.41. The molecule has 0 bridgehead atoms. The predicted molar refractivity (Wildman–Crippen MR) is 22.7 cm³/mol. The van der Waals surface area contributed by atoms with Gasteiger partial charge in [0.05, 0.1) is 0 Å². The molecule has 1 N–H and O–H groups in total. The van der Waals surface area contributed by atoms with Crippen LogP contribution in [0.15, 0.2) is 0 Å². The van der Waals surface area contributed by atoms with E-state index in [4.69, 9.17) is 8.43 Å². The topological polar surface area (TPSA) is 37.3 Å². The summed E-state index contributed by atoms with van der Waals surface area (Å²) in [4.78, 5) is 0. The molecule has 42 valence electrons. The van der Waals surface area contributed by atoms with Crippen LogP contribution in [0.2, 0.25) is 0 Å². The molecule has 0 unspecified atom stereocenters. The quantitative estimate of drug-likeness (QED) is 0.569. The van der Waals surface area contributed by atoms with Crippen LogP contribution in [0.5, 0.6) is 0 Å². The van der Waals surface area contributed by atoms with Crippen LogP contribution in [0, 0.1) is 0 Å². The van der Waals surface area contributed by atoms with E-state index in [2.05, 4.69) is 6.92 Å². The molecule has 0 aliphatic carbocycles. The van der Waals surface area contributed by atoms with Gasteiger partial charge in [0, 0.05) is 6.61 Å². The molecule has 7 heavy (non-hydrogen) atoms. The normalized spacial score (nSPS) is 6.43. The van der Waals surface area contributed by atoms with Gasteiger partial charge in [-0.1, -0.05) is 13.3 Å². The minimum atomic E-state index is 0.344. The summed E-state index contributed by atoms with van der Waals surface area (Å²) in [5.74, 6) is 0. The van der Waals surface area contributed by atoms with Crippen molar-refractivity contribution in [2.45, 2.75) is 19.8 Å². The van der Waals surface area contributed by atoms with E-state index in [0.29, 0.717) is 6.61 Å². The Labute approximate surface area is 55.7 Å². The first kappa shape index (κ1) is 10.5. The zero-order chi connectivity index (χ0) is 6.12. The van der Waals surface area contributed by atoms with Crippen LogP contribution in [0.25, 0.3) is 0 Å². The van der Waals surface area contributed by atoms with Crippen LogP contribution >= 0.6 is 0 Å². The Morgan fingerprint density at radius 3 is 2.00 bits per heavy atom. The summed E-state index contributed by atoms with van der Waals surface area (Å²) in [5.41, 5.74) is 0. The SMILES string of the molecule is CCCCO.[O]=[Ti]. The number of hydrogen-bond donors (Lipinski definition) is 1. The van der Waals surface area contributed by atoms with Crippen LogP contribution in [0.3, 0.4) is 0 Å². The Balaban J connectivity index is 0. The van der Waals surface area contributed by atoms with Crippen molar-refractivity contribution >= 4 is 0 Å². The van der Waals surface area contributed by atoms with Crippen molar-refractivity contribution in [1.82, 2.24) is 0 Å². The Kier molecular flexibility index (Phi) is 24.0. The van der Waals surface area contributed by atoms with E-state index >= 15 is 0 Å². The molecule has 2 nitrogen and oxygen atoms in total. The van der Waals surface area contributed by atoms with Crippen LogP contribution in [-0.2, 0) is 23.7 Å². The van der Waals surface area contributed by atoms with Crippen LogP contribution < -0.4 is 0 Å². The van der Waals surface area contributed by atoms with E-state index in [-0.39, 0.29) is 0 Å². The molecule has 0 aromatic rings. The van der Waals surface area contributed by atoms with Crippen molar-refractivity contribution in [2.24, 2.45) is 0 Å². The zero-order valence-corrected chi connectivity index (χ0v) is 6.04. The monoisotopic (exact) mass is 138 g/mol. The summed E-state index contributed by atoms with van der Waals surface area (Å²) in [6.07, 6.45) is 2.04. The van der Waals surface area contributed by atoms with Gasteiger partial charge in [-0.25, -0.2) is 0 Å². The van der Waals surface area contributed by atoms with Gasteiger partial charge >= 0.3 is 23.7 Å². The van der Waals surface area contributed by atoms with Gasteiger partial charge in [-0.2, -0.15) is 0 Å². The Hall–Kier alpha value is 0.474. The van der Waals surface area contributed by atoms with Crippen molar-refractivity contribution in [1.29, 1.82) is 0 Å². The average Bonchev–Trinajstić information content (AvgIpc) is 1.75. The van der Waals surface area contributed by atoms with Gasteiger partial charge < -0.3 is 5.11 Å². The van der Waals surface area contributed by atoms with Gasteiger partial charge in [-0.3, -0.25) is 0 Å². The fraction of sp³-hybridized carbons (Fsp3) is 1.00. The Morgan fingerprint density at radius 2 is 2.00 bits per heavy atom. The molecule has 0 atom stereocenters. The molecule has 0 fully saturated rings. The first-order valence-corrected chi connectivity index (χ1v) is 2.86. The van der Waals surface area contributed by atoms with E-state index < -0.39 is 0 Å². The fourth-order valence-electron chi connectivity index (χ4n) is 0.158. The fourth-order valence-corrected chi connectivity index (χ4v) is 0.158. The molecule has 0 rings (SSSR count). The van der Waals surface area contributed by atoms with Crippen molar-refractivity contribution < 1.29 is 28.8 Å². The molecule has 0 heterocycles. The Bertz CT molecular complexity index is 23.7. The van der Waals surface area contributed by atoms with Gasteiger partial charge in [-0.05, 0) is 6.42 Å². The third-order valence-electron chi connectivity index (χ3n) is 0.512. The van der Waals surface area contributed by atoms with Gasteiger partial charge in [-0.15, -0.1) is 0 Å². The number of unbranched alkanes of at least 4 members (excludes halogenated alkanes) is 1. The predicted octanol–water partition coefficient (Wildman–Crippen LogP) is 0.657. The minimum absolute atomic E-state index is 0.344. The summed E-state index contributed by atoms with van der Waals surface area (Å²) < 4.78 is 8.25. The molecule has 0 aromatic heterocycles. The second-order valence-electron chi connectivity index (χ2n) is 1.08. The molecular weight excluding hydrogens is 128 g/mol. The molecule has 3 heteroatoms. The number of rotatable bonds is 2. The molecule has 0 aliphatic rings. The van der Waals surface area contributed by atoms with Crippen LogP contribution in [0.1, 0.15) is 19.8 Å². The molecule has 0 aliphatic heterocycles. The third-order valence-corrected chi connectivity index (χ3v) is 0.512. The van der Waals surface area contributed by atoms with Gasteiger partial charge in [0.1, 0.15) is 0 Å². The van der Waals surface area contributed by atoms with E-state index in [9.17, 15) is 0 Å². The zero-order valence-electron chi connectivity index (χ0n) is 4.48. The summed E-state index contributed by atoms with van der Waals surface area (Å²) >= 11 is 0.750. The summed E-state index contributed by atoms with van der Waals surface area (Å²) in [6.45, 7) is 2.40. The van der Waals surface area contributed by atoms with Gasteiger partial charge in [0.25, 0.3) is 0 Å². The third kappa shape index (κ3) is 21.2. The van der Waals surface area contributed by atoms with E-state index in [1.807, 2.05) is 0 Å². The molecule has 0 saturated heterocycles. The van der Waals surface area contributed by atoms with E-state index in [0.717, 1.165) is 33.2 Å². The van der Waals surface area contributed by atoms with Crippen LogP contribution in [0.4, 0.5) is 0 Å². The van der Waals surface area contributed by atoms with E-state index in [1.54, 1.807) is 0 Å². The Morgan fingerprint density at radius 1 is 1.57 bits per heavy atom. The number of hydrogen-bond acceptors (Lipinski definition) is 2. The molecule has 0 saturated carbocycles. The molecular formula is C4H10O2Ti. The van der Waals surface area contributed by atoms with Gasteiger partial charge in [0.2, 0.25) is 0 Å². The summed E-state index contributed by atoms with van der Waals surface area (Å²) in [5, 5.41) is 8.07. The summed E-state index contributed by atoms with van der Waals surface area (Å²) in [6, 6.07) is 0. The average molecular weight is 138 g/mol. The number of aliphatic hydroxyl groups excluding tert-OH is 1. The van der Waals surface area contributed by atoms with Gasteiger partial charge in [0.15, 0.2) is 0 Å². The standard InChI is InChI=1S/C4H10O.O.Ti/c1-2-3-4-5;;/h5H,2-4H2,1H3;;. The molecule has 0 spiro atoms.